The first-order valence-corrected chi connectivity index (χ1v) is 10.8. The van der Waals surface area contributed by atoms with Gasteiger partial charge >= 0.3 is 0 Å². The van der Waals surface area contributed by atoms with E-state index >= 15 is 0 Å². The number of carbonyl (C=O) groups is 1. The van der Waals surface area contributed by atoms with Crippen LogP contribution in [-0.4, -0.2) is 32.7 Å². The molecular weight excluding hydrogens is 398 g/mol. The second-order valence-corrected chi connectivity index (χ2v) is 8.43. The average molecular weight is 424 g/mol. The van der Waals surface area contributed by atoms with E-state index in [1.165, 1.54) is 5.56 Å². The molecule has 1 unspecified atom stereocenters. The molecule has 1 aliphatic heterocycles. The predicted octanol–water partition coefficient (Wildman–Crippen LogP) is 5.19. The maximum absolute atomic E-state index is 13.4. The molecule has 2 N–H and O–H groups in total. The van der Waals surface area contributed by atoms with Crippen molar-refractivity contribution in [3.8, 4) is 17.0 Å². The number of nitrogens with zero attached hydrogens (tertiary/aromatic N) is 2. The van der Waals surface area contributed by atoms with Crippen LogP contribution in [0.1, 0.15) is 44.3 Å². The van der Waals surface area contributed by atoms with Crippen LogP contribution >= 0.6 is 0 Å². The van der Waals surface area contributed by atoms with Gasteiger partial charge in [-0.1, -0.05) is 66.2 Å². The normalized spacial score (nSPS) is 15.2. The first-order chi connectivity index (χ1) is 15.5. The molecule has 32 heavy (non-hydrogen) atoms. The van der Waals surface area contributed by atoms with Gasteiger partial charge in [0.2, 0.25) is 0 Å². The number of phenolic OH excluding ortho intramolecular Hbond substituents is 1. The predicted molar refractivity (Wildman–Crippen MR) is 125 cm³/mol. The molecule has 1 atom stereocenters. The third kappa shape index (κ3) is 3.46. The molecule has 5 heteroatoms. The summed E-state index contributed by atoms with van der Waals surface area (Å²) < 4.78 is 0. The molecule has 2 heterocycles. The smallest absolute Gasteiger partial charge is 0.273 e. The highest BCUT2D eigenvalue weighted by molar-refractivity contribution is 6.00. The summed E-state index contributed by atoms with van der Waals surface area (Å²) in [5.41, 5.74) is 6.93. The van der Waals surface area contributed by atoms with Crippen molar-refractivity contribution < 1.29 is 9.90 Å². The van der Waals surface area contributed by atoms with Crippen molar-refractivity contribution in [2.24, 2.45) is 0 Å². The molecule has 1 aliphatic rings. The molecule has 0 bridgehead atoms. The highest BCUT2D eigenvalue weighted by Crippen LogP contribution is 2.44. The van der Waals surface area contributed by atoms with Crippen LogP contribution in [-0.2, 0) is 6.42 Å². The van der Waals surface area contributed by atoms with E-state index in [2.05, 4.69) is 53.5 Å². The fraction of sp³-hybridized carbons (Fsp3) is 0.185. The maximum atomic E-state index is 13.4. The Hall–Kier alpha value is -3.86. The van der Waals surface area contributed by atoms with Crippen molar-refractivity contribution in [3.63, 3.8) is 0 Å². The van der Waals surface area contributed by atoms with Crippen molar-refractivity contribution in [2.45, 2.75) is 26.3 Å². The third-order valence-electron chi connectivity index (χ3n) is 6.15. The minimum absolute atomic E-state index is 0.0631. The Morgan fingerprint density at radius 3 is 2.41 bits per heavy atom. The molecule has 0 fully saturated rings. The van der Waals surface area contributed by atoms with Gasteiger partial charge in [0.05, 0.1) is 6.04 Å². The maximum Gasteiger partial charge on any atom is 0.273 e. The van der Waals surface area contributed by atoms with Gasteiger partial charge in [-0.05, 0) is 49.1 Å². The second kappa shape index (κ2) is 8.00. The number of nitrogens with one attached hydrogen (secondary N) is 1. The van der Waals surface area contributed by atoms with Gasteiger partial charge in [0.25, 0.3) is 5.91 Å². The van der Waals surface area contributed by atoms with Gasteiger partial charge in [0.1, 0.15) is 17.1 Å². The van der Waals surface area contributed by atoms with Crippen LogP contribution in [0.2, 0.25) is 0 Å². The zero-order valence-electron chi connectivity index (χ0n) is 18.2. The van der Waals surface area contributed by atoms with Crippen LogP contribution in [0.15, 0.2) is 72.8 Å². The van der Waals surface area contributed by atoms with E-state index < -0.39 is 0 Å². The average Bonchev–Trinajstić information content (AvgIpc) is 3.33. The number of hydrogen-bond donors (Lipinski definition) is 2. The van der Waals surface area contributed by atoms with Gasteiger partial charge in [-0.3, -0.25) is 9.89 Å². The lowest BCUT2D eigenvalue weighted by Crippen LogP contribution is -2.31. The van der Waals surface area contributed by atoms with Crippen molar-refractivity contribution in [2.75, 3.05) is 6.54 Å². The number of aromatic hydroxyl groups is 1. The monoisotopic (exact) mass is 423 g/mol. The number of H-pyrrole nitrogens is 1. The number of carbonyl (C=O) groups excluding carboxylic acids is 1. The quantitative estimate of drug-likeness (QED) is 0.464. The summed E-state index contributed by atoms with van der Waals surface area (Å²) in [5.74, 6) is 0.101. The number of aromatic nitrogens is 2. The molecule has 160 valence electrons. The van der Waals surface area contributed by atoms with Crippen LogP contribution in [0.25, 0.3) is 11.3 Å². The van der Waals surface area contributed by atoms with E-state index in [0.29, 0.717) is 23.5 Å². The van der Waals surface area contributed by atoms with Crippen LogP contribution in [0.4, 0.5) is 0 Å². The van der Waals surface area contributed by atoms with Crippen molar-refractivity contribution in [1.82, 2.24) is 15.1 Å². The molecule has 0 saturated carbocycles. The molecule has 3 aromatic carbocycles. The van der Waals surface area contributed by atoms with Gasteiger partial charge in [0, 0.05) is 17.7 Å². The third-order valence-corrected chi connectivity index (χ3v) is 6.15. The number of phenols is 1. The van der Waals surface area contributed by atoms with Crippen molar-refractivity contribution in [3.05, 3.63) is 106 Å². The van der Waals surface area contributed by atoms with Crippen molar-refractivity contribution >= 4 is 5.91 Å². The second-order valence-electron chi connectivity index (χ2n) is 8.43. The molecule has 0 aliphatic carbocycles. The first-order valence-electron chi connectivity index (χ1n) is 10.8. The number of fused-ring (bicyclic) bond motifs is 1. The lowest BCUT2D eigenvalue weighted by atomic mass is 9.94. The van der Waals surface area contributed by atoms with Crippen LogP contribution < -0.4 is 0 Å². The zero-order chi connectivity index (χ0) is 22.2. The highest BCUT2D eigenvalue weighted by Gasteiger charge is 2.42. The number of hydrogen-bond acceptors (Lipinski definition) is 3. The Morgan fingerprint density at radius 2 is 1.69 bits per heavy atom. The fourth-order valence-corrected chi connectivity index (χ4v) is 4.46. The van der Waals surface area contributed by atoms with Gasteiger partial charge < -0.3 is 10.0 Å². The molecule has 4 aromatic rings. The summed E-state index contributed by atoms with van der Waals surface area (Å²) in [5, 5.41) is 18.0. The summed E-state index contributed by atoms with van der Waals surface area (Å²) in [6.07, 6.45) is 0.762. The number of aryl methyl sites for hydroxylation is 2. The Morgan fingerprint density at radius 1 is 0.969 bits per heavy atom. The van der Waals surface area contributed by atoms with Gasteiger partial charge in [-0.2, -0.15) is 5.10 Å². The molecule has 1 aromatic heterocycles. The summed E-state index contributed by atoms with van der Waals surface area (Å²) in [6, 6.07) is 23.7. The van der Waals surface area contributed by atoms with Crippen LogP contribution in [0.5, 0.6) is 5.75 Å². The molecule has 5 rings (SSSR count). The van der Waals surface area contributed by atoms with Gasteiger partial charge in [-0.25, -0.2) is 0 Å². The summed E-state index contributed by atoms with van der Waals surface area (Å²) >= 11 is 0. The van der Waals surface area contributed by atoms with E-state index in [1.807, 2.05) is 42.2 Å². The number of rotatable bonds is 5. The van der Waals surface area contributed by atoms with E-state index in [0.717, 1.165) is 28.7 Å². The van der Waals surface area contributed by atoms with Gasteiger partial charge in [-0.15, -0.1) is 0 Å². The largest absolute Gasteiger partial charge is 0.507 e. The Kier molecular flexibility index (Phi) is 5.02. The molecule has 0 radical (unpaired) electrons. The molecule has 0 spiro atoms. The van der Waals surface area contributed by atoms with E-state index in [9.17, 15) is 9.90 Å². The van der Waals surface area contributed by atoms with Crippen molar-refractivity contribution in [1.29, 1.82) is 0 Å². The molecule has 1 amide bonds. The topological polar surface area (TPSA) is 69.2 Å². The SMILES string of the molecule is Cc1ccc(C2c3c(-c4ccc(C)cc4O)n[nH]c3C(=O)N2CCc2ccccc2)cc1. The first kappa shape index (κ1) is 20.1. The Balaban J connectivity index is 1.60. The number of benzene rings is 3. The van der Waals surface area contributed by atoms with E-state index in [1.54, 1.807) is 6.07 Å². The summed E-state index contributed by atoms with van der Waals surface area (Å²) in [4.78, 5) is 15.4. The lowest BCUT2D eigenvalue weighted by Gasteiger charge is -2.26. The molecule has 0 saturated heterocycles. The highest BCUT2D eigenvalue weighted by atomic mass is 16.3. The standard InChI is InChI=1S/C27H25N3O2/c1-17-8-11-20(12-9-17)26-23-24(21-13-10-18(2)16-22(21)31)28-29-25(23)27(32)30(26)15-14-19-6-4-3-5-7-19/h3-13,16,26,31H,14-15H2,1-2H3,(H,28,29). The summed E-state index contributed by atoms with van der Waals surface area (Å²) in [6.45, 7) is 4.57. The number of amides is 1. The minimum atomic E-state index is -0.267. The Labute approximate surface area is 187 Å². The Bertz CT molecular complexity index is 1280. The summed E-state index contributed by atoms with van der Waals surface area (Å²) in [7, 11) is 0. The zero-order valence-corrected chi connectivity index (χ0v) is 18.2. The molecule has 5 nitrogen and oxygen atoms in total. The molecular formula is C27H25N3O2. The van der Waals surface area contributed by atoms with E-state index in [-0.39, 0.29) is 17.7 Å². The minimum Gasteiger partial charge on any atom is -0.507 e. The lowest BCUT2D eigenvalue weighted by molar-refractivity contribution is 0.0746. The van der Waals surface area contributed by atoms with Crippen LogP contribution in [0.3, 0.4) is 0 Å². The van der Waals surface area contributed by atoms with Crippen LogP contribution in [0, 0.1) is 13.8 Å². The van der Waals surface area contributed by atoms with Gasteiger partial charge in [0.15, 0.2) is 0 Å². The number of aromatic amines is 1. The fourth-order valence-electron chi connectivity index (χ4n) is 4.46. The van der Waals surface area contributed by atoms with E-state index in [4.69, 9.17) is 0 Å².